The van der Waals surface area contributed by atoms with E-state index in [1.54, 1.807) is 6.26 Å². The Morgan fingerprint density at radius 2 is 2.07 bits per heavy atom. The summed E-state index contributed by atoms with van der Waals surface area (Å²) in [6.07, 6.45) is 1.63. The summed E-state index contributed by atoms with van der Waals surface area (Å²) in [7, 11) is 0. The van der Waals surface area contributed by atoms with Gasteiger partial charge in [0.1, 0.15) is 5.76 Å². The van der Waals surface area contributed by atoms with Crippen LogP contribution in [0.5, 0.6) is 0 Å². The fraction of sp³-hybridized carbons (Fsp3) is 0.316. The number of carbonyl (C=O) groups is 1. The van der Waals surface area contributed by atoms with Crippen molar-refractivity contribution in [3.63, 3.8) is 0 Å². The highest BCUT2D eigenvalue weighted by molar-refractivity contribution is 7.99. The standard InChI is InChI=1S/C19H21ClN4O2S/c1-5-24-18(14-6-7-26-13(14)4)22-23-19(24)27-10-16(25)21-17-12(3)8-11(2)9-15(17)20/h6-9H,5,10H2,1-4H3,(H,21,25). The number of hydrogen-bond donors (Lipinski definition) is 1. The van der Waals surface area contributed by atoms with E-state index in [4.69, 9.17) is 16.0 Å². The number of anilines is 1. The van der Waals surface area contributed by atoms with Gasteiger partial charge in [-0.05, 0) is 51.0 Å². The number of aromatic nitrogens is 3. The van der Waals surface area contributed by atoms with Crippen molar-refractivity contribution >= 4 is 35.0 Å². The lowest BCUT2D eigenvalue weighted by Gasteiger charge is -2.11. The van der Waals surface area contributed by atoms with E-state index >= 15 is 0 Å². The summed E-state index contributed by atoms with van der Waals surface area (Å²) in [5, 5.41) is 12.6. The quantitative estimate of drug-likeness (QED) is 0.593. The van der Waals surface area contributed by atoms with Crippen LogP contribution in [0.15, 0.2) is 34.0 Å². The molecule has 0 aliphatic carbocycles. The summed E-state index contributed by atoms with van der Waals surface area (Å²) in [5.74, 6) is 1.60. The zero-order valence-electron chi connectivity index (χ0n) is 15.7. The monoisotopic (exact) mass is 404 g/mol. The number of nitrogens with one attached hydrogen (secondary N) is 1. The number of nitrogens with zero attached hydrogens (tertiary/aromatic N) is 3. The summed E-state index contributed by atoms with van der Waals surface area (Å²) in [4.78, 5) is 12.4. The van der Waals surface area contributed by atoms with Crippen LogP contribution in [0.4, 0.5) is 5.69 Å². The summed E-state index contributed by atoms with van der Waals surface area (Å²) < 4.78 is 7.33. The van der Waals surface area contributed by atoms with E-state index in [0.29, 0.717) is 22.4 Å². The van der Waals surface area contributed by atoms with Crippen LogP contribution in [0.3, 0.4) is 0 Å². The summed E-state index contributed by atoms with van der Waals surface area (Å²) in [6.45, 7) is 8.49. The first-order valence-corrected chi connectivity index (χ1v) is 9.94. The number of rotatable bonds is 6. The van der Waals surface area contributed by atoms with Crippen molar-refractivity contribution < 1.29 is 9.21 Å². The molecule has 0 aliphatic heterocycles. The largest absolute Gasteiger partial charge is 0.469 e. The van der Waals surface area contributed by atoms with Crippen molar-refractivity contribution in [1.82, 2.24) is 14.8 Å². The topological polar surface area (TPSA) is 73.0 Å². The molecule has 3 rings (SSSR count). The van der Waals surface area contributed by atoms with E-state index in [-0.39, 0.29) is 11.7 Å². The molecular formula is C19H21ClN4O2S. The molecule has 0 atom stereocenters. The van der Waals surface area contributed by atoms with E-state index in [0.717, 1.165) is 28.3 Å². The van der Waals surface area contributed by atoms with Crippen LogP contribution in [-0.4, -0.2) is 26.4 Å². The molecule has 0 spiro atoms. The minimum Gasteiger partial charge on any atom is -0.469 e. The van der Waals surface area contributed by atoms with Crippen LogP contribution in [-0.2, 0) is 11.3 Å². The van der Waals surface area contributed by atoms with Crippen molar-refractivity contribution in [3.05, 3.63) is 46.4 Å². The number of thioether (sulfide) groups is 1. The molecule has 0 bridgehead atoms. The number of benzene rings is 1. The van der Waals surface area contributed by atoms with Gasteiger partial charge in [0.2, 0.25) is 5.91 Å². The molecule has 6 nitrogen and oxygen atoms in total. The molecule has 1 aromatic carbocycles. The molecule has 0 saturated carbocycles. The van der Waals surface area contributed by atoms with Crippen molar-refractivity contribution in [2.24, 2.45) is 0 Å². The molecule has 8 heteroatoms. The highest BCUT2D eigenvalue weighted by atomic mass is 35.5. The van der Waals surface area contributed by atoms with Gasteiger partial charge in [0.25, 0.3) is 0 Å². The number of hydrogen-bond acceptors (Lipinski definition) is 5. The molecule has 0 unspecified atom stereocenters. The van der Waals surface area contributed by atoms with Crippen molar-refractivity contribution in [2.45, 2.75) is 39.4 Å². The molecular weight excluding hydrogens is 384 g/mol. The molecule has 0 aliphatic rings. The van der Waals surface area contributed by atoms with Gasteiger partial charge in [0.05, 0.1) is 28.3 Å². The molecule has 1 amide bonds. The Morgan fingerprint density at radius 1 is 1.30 bits per heavy atom. The second-order valence-corrected chi connectivity index (χ2v) is 7.57. The van der Waals surface area contributed by atoms with Gasteiger partial charge in [-0.3, -0.25) is 4.79 Å². The third-order valence-electron chi connectivity index (χ3n) is 4.16. The lowest BCUT2D eigenvalue weighted by molar-refractivity contribution is -0.113. The minimum absolute atomic E-state index is 0.138. The van der Waals surface area contributed by atoms with Crippen LogP contribution >= 0.6 is 23.4 Å². The van der Waals surface area contributed by atoms with Crippen LogP contribution in [0, 0.1) is 20.8 Å². The van der Waals surface area contributed by atoms with Gasteiger partial charge in [-0.15, -0.1) is 10.2 Å². The molecule has 2 heterocycles. The average molecular weight is 405 g/mol. The molecule has 0 radical (unpaired) electrons. The first kappa shape index (κ1) is 19.5. The summed E-state index contributed by atoms with van der Waals surface area (Å²) in [5.41, 5.74) is 3.55. The second kappa shape index (κ2) is 8.19. The van der Waals surface area contributed by atoms with E-state index < -0.39 is 0 Å². The van der Waals surface area contributed by atoms with E-state index in [9.17, 15) is 4.79 Å². The maximum atomic E-state index is 12.4. The van der Waals surface area contributed by atoms with E-state index in [1.165, 1.54) is 11.8 Å². The van der Waals surface area contributed by atoms with E-state index in [1.807, 2.05) is 50.5 Å². The van der Waals surface area contributed by atoms with Crippen molar-refractivity contribution in [3.8, 4) is 11.4 Å². The number of furan rings is 1. The number of aryl methyl sites for hydroxylation is 3. The lowest BCUT2D eigenvalue weighted by atomic mass is 10.1. The maximum Gasteiger partial charge on any atom is 0.234 e. The lowest BCUT2D eigenvalue weighted by Crippen LogP contribution is -2.16. The van der Waals surface area contributed by atoms with Crippen LogP contribution in [0.2, 0.25) is 5.02 Å². The predicted molar refractivity (Wildman–Crippen MR) is 108 cm³/mol. The van der Waals surface area contributed by atoms with Crippen molar-refractivity contribution in [2.75, 3.05) is 11.1 Å². The summed E-state index contributed by atoms with van der Waals surface area (Å²) >= 11 is 7.60. The Bertz CT molecular complexity index is 957. The van der Waals surface area contributed by atoms with Crippen molar-refractivity contribution in [1.29, 1.82) is 0 Å². The number of amides is 1. The Labute approximate surface area is 167 Å². The third-order valence-corrected chi connectivity index (χ3v) is 5.43. The fourth-order valence-corrected chi connectivity index (χ4v) is 4.05. The van der Waals surface area contributed by atoms with Gasteiger partial charge in [0.15, 0.2) is 11.0 Å². The number of halogens is 1. The zero-order chi connectivity index (χ0) is 19.6. The fourth-order valence-electron chi connectivity index (χ4n) is 2.88. The first-order chi connectivity index (χ1) is 12.9. The first-order valence-electron chi connectivity index (χ1n) is 8.57. The summed E-state index contributed by atoms with van der Waals surface area (Å²) in [6, 6.07) is 5.70. The molecule has 27 heavy (non-hydrogen) atoms. The van der Waals surface area contributed by atoms with Crippen LogP contribution in [0.25, 0.3) is 11.4 Å². The third kappa shape index (κ3) is 4.20. The highest BCUT2D eigenvalue weighted by Gasteiger charge is 2.18. The predicted octanol–water partition coefficient (Wildman–Crippen LogP) is 4.87. The van der Waals surface area contributed by atoms with Gasteiger partial charge < -0.3 is 14.3 Å². The number of carbonyl (C=O) groups excluding carboxylic acids is 1. The Balaban J connectivity index is 1.71. The van der Waals surface area contributed by atoms with E-state index in [2.05, 4.69) is 15.5 Å². The normalized spacial score (nSPS) is 11.0. The Kier molecular flexibility index (Phi) is 5.92. The molecule has 1 N–H and O–H groups in total. The average Bonchev–Trinajstić information content (AvgIpc) is 3.21. The zero-order valence-corrected chi connectivity index (χ0v) is 17.2. The maximum absolute atomic E-state index is 12.4. The van der Waals surface area contributed by atoms with Gasteiger partial charge in [-0.1, -0.05) is 29.4 Å². The van der Waals surface area contributed by atoms with Crippen LogP contribution in [0.1, 0.15) is 23.8 Å². The van der Waals surface area contributed by atoms with Crippen LogP contribution < -0.4 is 5.32 Å². The van der Waals surface area contributed by atoms with Gasteiger partial charge in [-0.25, -0.2) is 0 Å². The molecule has 142 valence electrons. The van der Waals surface area contributed by atoms with Gasteiger partial charge >= 0.3 is 0 Å². The Morgan fingerprint density at radius 3 is 2.70 bits per heavy atom. The highest BCUT2D eigenvalue weighted by Crippen LogP contribution is 2.29. The smallest absolute Gasteiger partial charge is 0.234 e. The molecule has 0 saturated heterocycles. The SMILES string of the molecule is CCn1c(SCC(=O)Nc2c(C)cc(C)cc2Cl)nnc1-c1ccoc1C. The Hall–Kier alpha value is -2.25. The van der Waals surface area contributed by atoms with Gasteiger partial charge in [-0.2, -0.15) is 0 Å². The molecule has 2 aromatic heterocycles. The second-order valence-electron chi connectivity index (χ2n) is 6.22. The molecule has 0 fully saturated rings. The minimum atomic E-state index is -0.138. The molecule has 3 aromatic rings. The van der Waals surface area contributed by atoms with Gasteiger partial charge in [0, 0.05) is 6.54 Å².